The number of hydrogen-bond acceptors (Lipinski definition) is 4. The van der Waals surface area contributed by atoms with Gasteiger partial charge in [0.25, 0.3) is 0 Å². The highest BCUT2D eigenvalue weighted by Gasteiger charge is 2.12. The average molecular weight is 542 g/mol. The predicted molar refractivity (Wildman–Crippen MR) is 129 cm³/mol. The molecule has 0 aliphatic rings. The summed E-state index contributed by atoms with van der Waals surface area (Å²) in [7, 11) is 1.48. The Morgan fingerprint density at radius 1 is 1.20 bits per heavy atom. The summed E-state index contributed by atoms with van der Waals surface area (Å²) in [6.07, 6.45) is 2.11. The molecule has 0 amide bonds. The number of alkyl halides is 2. The number of hydrogen-bond donors (Lipinski definition) is 2. The summed E-state index contributed by atoms with van der Waals surface area (Å²) in [5.74, 6) is 1.19. The lowest BCUT2D eigenvalue weighted by molar-refractivity contribution is -0.0505. The van der Waals surface area contributed by atoms with Crippen molar-refractivity contribution in [3.8, 4) is 11.5 Å². The van der Waals surface area contributed by atoms with Gasteiger partial charge in [0, 0.05) is 24.2 Å². The number of nitrogens with zero attached hydrogens (tertiary/aromatic N) is 2. The Morgan fingerprint density at radius 3 is 2.47 bits per heavy atom. The van der Waals surface area contributed by atoms with Gasteiger partial charge < -0.3 is 25.0 Å². The maximum atomic E-state index is 12.7. The van der Waals surface area contributed by atoms with E-state index in [0.29, 0.717) is 23.8 Å². The zero-order valence-electron chi connectivity index (χ0n) is 18.7. The molecule has 1 atom stereocenters. The summed E-state index contributed by atoms with van der Waals surface area (Å²) in [5.41, 5.74) is 0.567. The SMILES string of the molecule is CCNC(=NCc1ccc(OC)cc1OC(F)F)NC(C)CCCN(CC)CC.I. The van der Waals surface area contributed by atoms with Crippen LogP contribution in [0.4, 0.5) is 8.78 Å². The molecule has 0 saturated heterocycles. The van der Waals surface area contributed by atoms with Crippen LogP contribution in [0.5, 0.6) is 11.5 Å². The van der Waals surface area contributed by atoms with E-state index in [1.54, 1.807) is 12.1 Å². The second-order valence-electron chi connectivity index (χ2n) is 6.76. The van der Waals surface area contributed by atoms with Gasteiger partial charge in [0.1, 0.15) is 11.5 Å². The van der Waals surface area contributed by atoms with Crippen LogP contribution in [-0.4, -0.2) is 56.8 Å². The van der Waals surface area contributed by atoms with Crippen LogP contribution in [0.3, 0.4) is 0 Å². The molecule has 1 unspecified atom stereocenters. The predicted octanol–water partition coefficient (Wildman–Crippen LogP) is 4.48. The van der Waals surface area contributed by atoms with E-state index in [0.717, 1.165) is 32.5 Å². The molecule has 30 heavy (non-hydrogen) atoms. The fourth-order valence-electron chi connectivity index (χ4n) is 2.95. The molecule has 9 heteroatoms. The van der Waals surface area contributed by atoms with Crippen LogP contribution in [0.15, 0.2) is 23.2 Å². The van der Waals surface area contributed by atoms with Crippen molar-refractivity contribution < 1.29 is 18.3 Å². The monoisotopic (exact) mass is 542 g/mol. The van der Waals surface area contributed by atoms with Crippen LogP contribution in [0, 0.1) is 0 Å². The lowest BCUT2D eigenvalue weighted by Gasteiger charge is -2.21. The van der Waals surface area contributed by atoms with Gasteiger partial charge >= 0.3 is 6.61 Å². The molecular formula is C21H37F2IN4O2. The first-order valence-electron chi connectivity index (χ1n) is 10.3. The maximum Gasteiger partial charge on any atom is 0.387 e. The number of rotatable bonds is 13. The molecule has 2 N–H and O–H groups in total. The molecule has 6 nitrogen and oxygen atoms in total. The first kappa shape index (κ1) is 28.6. The third-order valence-corrected chi connectivity index (χ3v) is 4.63. The van der Waals surface area contributed by atoms with Crippen LogP contribution < -0.4 is 20.1 Å². The Balaban J connectivity index is 0.00000841. The molecule has 0 aliphatic heterocycles. The molecule has 1 aromatic carbocycles. The average Bonchev–Trinajstić information content (AvgIpc) is 2.69. The van der Waals surface area contributed by atoms with Crippen molar-refractivity contribution in [1.82, 2.24) is 15.5 Å². The fourth-order valence-corrected chi connectivity index (χ4v) is 2.95. The van der Waals surface area contributed by atoms with Crippen LogP contribution in [0.2, 0.25) is 0 Å². The Morgan fingerprint density at radius 2 is 1.90 bits per heavy atom. The van der Waals surface area contributed by atoms with Crippen molar-refractivity contribution >= 4 is 29.9 Å². The minimum Gasteiger partial charge on any atom is -0.497 e. The number of halogens is 3. The highest BCUT2D eigenvalue weighted by Crippen LogP contribution is 2.27. The zero-order chi connectivity index (χ0) is 21.6. The minimum atomic E-state index is -2.90. The van der Waals surface area contributed by atoms with E-state index in [2.05, 4.69) is 46.0 Å². The fraction of sp³-hybridized carbons (Fsp3) is 0.667. The second-order valence-corrected chi connectivity index (χ2v) is 6.76. The van der Waals surface area contributed by atoms with Crippen molar-refractivity contribution in [3.63, 3.8) is 0 Å². The van der Waals surface area contributed by atoms with E-state index in [9.17, 15) is 8.78 Å². The van der Waals surface area contributed by atoms with Gasteiger partial charge in [-0.1, -0.05) is 13.8 Å². The Labute approximate surface area is 196 Å². The topological polar surface area (TPSA) is 58.1 Å². The molecule has 0 bridgehead atoms. The summed E-state index contributed by atoms with van der Waals surface area (Å²) in [6, 6.07) is 5.10. The molecule has 1 rings (SSSR count). The largest absolute Gasteiger partial charge is 0.497 e. The normalized spacial score (nSPS) is 12.5. The molecule has 174 valence electrons. The maximum absolute atomic E-state index is 12.7. The number of ether oxygens (including phenoxy) is 2. The van der Waals surface area contributed by atoms with Crippen molar-refractivity contribution in [2.75, 3.05) is 33.3 Å². The van der Waals surface area contributed by atoms with E-state index in [1.165, 1.54) is 13.2 Å². The molecule has 0 radical (unpaired) electrons. The highest BCUT2D eigenvalue weighted by atomic mass is 127. The summed E-state index contributed by atoms with van der Waals surface area (Å²) in [5, 5.41) is 6.59. The molecule has 0 saturated carbocycles. The van der Waals surface area contributed by atoms with Gasteiger partial charge in [-0.25, -0.2) is 4.99 Å². The van der Waals surface area contributed by atoms with Gasteiger partial charge in [-0.3, -0.25) is 0 Å². The summed E-state index contributed by atoms with van der Waals surface area (Å²) >= 11 is 0. The molecular weight excluding hydrogens is 505 g/mol. The van der Waals surface area contributed by atoms with Crippen molar-refractivity contribution in [2.45, 2.75) is 59.7 Å². The van der Waals surface area contributed by atoms with Gasteiger partial charge in [-0.2, -0.15) is 8.78 Å². The van der Waals surface area contributed by atoms with Gasteiger partial charge in [-0.05, 0) is 58.5 Å². The van der Waals surface area contributed by atoms with Crippen molar-refractivity contribution in [1.29, 1.82) is 0 Å². The van der Waals surface area contributed by atoms with E-state index < -0.39 is 6.61 Å². The van der Waals surface area contributed by atoms with Gasteiger partial charge in [-0.15, -0.1) is 24.0 Å². The number of benzene rings is 1. The molecule has 0 aromatic heterocycles. The second kappa shape index (κ2) is 16.3. The van der Waals surface area contributed by atoms with E-state index in [1.807, 2.05) is 6.92 Å². The van der Waals surface area contributed by atoms with Crippen LogP contribution in [-0.2, 0) is 6.54 Å². The first-order valence-corrected chi connectivity index (χ1v) is 10.3. The first-order chi connectivity index (χ1) is 13.9. The number of aliphatic imine (C=N–C) groups is 1. The summed E-state index contributed by atoms with van der Waals surface area (Å²) in [4.78, 5) is 6.94. The Bertz CT molecular complexity index is 617. The minimum absolute atomic E-state index is 0. The standard InChI is InChI=1S/C21H36F2N4O2.HI/c1-6-24-21(26-16(4)10-9-13-27(7-2)8-3)25-15-17-11-12-18(28-5)14-19(17)29-20(22)23;/h11-12,14,16,20H,6-10,13,15H2,1-5H3,(H2,24,25,26);1H. The Kier molecular flexibility index (Phi) is 15.6. The summed E-state index contributed by atoms with van der Waals surface area (Å²) < 4.78 is 35.2. The number of guanidine groups is 1. The van der Waals surface area contributed by atoms with Gasteiger partial charge in [0.05, 0.1) is 13.7 Å². The highest BCUT2D eigenvalue weighted by molar-refractivity contribution is 14.0. The van der Waals surface area contributed by atoms with E-state index in [4.69, 9.17) is 4.74 Å². The number of methoxy groups -OCH3 is 1. The van der Waals surface area contributed by atoms with E-state index in [-0.39, 0.29) is 42.3 Å². The van der Waals surface area contributed by atoms with Crippen LogP contribution >= 0.6 is 24.0 Å². The molecule has 0 spiro atoms. The number of nitrogens with one attached hydrogen (secondary N) is 2. The molecule has 0 heterocycles. The lowest BCUT2D eigenvalue weighted by Crippen LogP contribution is -2.42. The van der Waals surface area contributed by atoms with Crippen LogP contribution in [0.25, 0.3) is 0 Å². The third-order valence-electron chi connectivity index (χ3n) is 4.63. The lowest BCUT2D eigenvalue weighted by atomic mass is 10.1. The quantitative estimate of drug-likeness (QED) is 0.219. The molecule has 1 aromatic rings. The van der Waals surface area contributed by atoms with Crippen molar-refractivity contribution in [3.05, 3.63) is 23.8 Å². The summed E-state index contributed by atoms with van der Waals surface area (Å²) in [6.45, 7) is 9.68. The zero-order valence-corrected chi connectivity index (χ0v) is 21.0. The van der Waals surface area contributed by atoms with Crippen LogP contribution in [0.1, 0.15) is 46.1 Å². The Hall–Kier alpha value is -1.36. The van der Waals surface area contributed by atoms with Crippen molar-refractivity contribution in [2.24, 2.45) is 4.99 Å². The molecule has 0 aliphatic carbocycles. The van der Waals surface area contributed by atoms with Gasteiger partial charge in [0.2, 0.25) is 0 Å². The third kappa shape index (κ3) is 11.1. The van der Waals surface area contributed by atoms with E-state index >= 15 is 0 Å². The molecule has 0 fully saturated rings. The smallest absolute Gasteiger partial charge is 0.387 e. The van der Waals surface area contributed by atoms with Gasteiger partial charge in [0.15, 0.2) is 5.96 Å².